The summed E-state index contributed by atoms with van der Waals surface area (Å²) in [6, 6.07) is 4.77. The number of nitrogens with zero attached hydrogens (tertiary/aromatic N) is 3. The average Bonchev–Trinajstić information content (AvgIpc) is 2.80. The molecule has 0 spiro atoms. The van der Waals surface area contributed by atoms with Crippen molar-refractivity contribution >= 4 is 23.4 Å². The maximum absolute atomic E-state index is 12.0. The third-order valence-electron chi connectivity index (χ3n) is 2.82. The van der Waals surface area contributed by atoms with Crippen molar-refractivity contribution in [1.82, 2.24) is 14.2 Å². The summed E-state index contributed by atoms with van der Waals surface area (Å²) in [7, 11) is 0. The number of esters is 1. The lowest BCUT2D eigenvalue weighted by Crippen LogP contribution is -2.34. The summed E-state index contributed by atoms with van der Waals surface area (Å²) < 4.78 is 7.74. The molecule has 0 aliphatic rings. The zero-order valence-corrected chi connectivity index (χ0v) is 12.6. The number of carbonyl (C=O) groups excluding carboxylic acids is 1. The first kappa shape index (κ1) is 15.6. The largest absolute Gasteiger partial charge is 0.465 e. The second kappa shape index (κ2) is 7.28. The first-order chi connectivity index (χ1) is 10.1. The zero-order valence-electron chi connectivity index (χ0n) is 11.8. The van der Waals surface area contributed by atoms with Gasteiger partial charge in [-0.15, -0.1) is 5.10 Å². The molecule has 2 rings (SSSR count). The van der Waals surface area contributed by atoms with Crippen molar-refractivity contribution in [2.45, 2.75) is 19.5 Å². The summed E-state index contributed by atoms with van der Waals surface area (Å²) in [5.41, 5.74) is 6.15. The molecule has 7 nitrogen and oxygen atoms in total. The Labute approximate surface area is 126 Å². The Hall–Kier alpha value is -1.80. The average molecular weight is 310 g/mol. The van der Waals surface area contributed by atoms with Gasteiger partial charge < -0.3 is 10.5 Å². The van der Waals surface area contributed by atoms with Crippen LogP contribution in [-0.4, -0.2) is 44.3 Å². The van der Waals surface area contributed by atoms with Crippen molar-refractivity contribution in [3.63, 3.8) is 0 Å². The van der Waals surface area contributed by atoms with Crippen molar-refractivity contribution in [3.8, 4) is 0 Å². The van der Waals surface area contributed by atoms with Crippen LogP contribution in [0.5, 0.6) is 0 Å². The molecule has 2 N–H and O–H groups in total. The molecule has 0 aromatic carbocycles. The molecule has 2 heterocycles. The van der Waals surface area contributed by atoms with Gasteiger partial charge in [0.2, 0.25) is 0 Å². The van der Waals surface area contributed by atoms with Gasteiger partial charge in [0.25, 0.3) is 0 Å². The number of ether oxygens (including phenoxy) is 1. The summed E-state index contributed by atoms with van der Waals surface area (Å²) in [6.07, 6.45) is 1.69. The molecule has 8 heteroatoms. The number of pyridine rings is 1. The normalized spacial score (nSPS) is 12.5. The molecule has 1 unspecified atom stereocenters. The Bertz CT molecular complexity index is 667. The van der Waals surface area contributed by atoms with Crippen LogP contribution in [0.4, 0.5) is 0 Å². The highest BCUT2D eigenvalue weighted by Crippen LogP contribution is 2.04. The van der Waals surface area contributed by atoms with E-state index in [9.17, 15) is 9.59 Å². The van der Waals surface area contributed by atoms with Crippen molar-refractivity contribution in [2.75, 3.05) is 18.1 Å². The summed E-state index contributed by atoms with van der Waals surface area (Å²) in [4.78, 5) is 23.4. The first-order valence-electron chi connectivity index (χ1n) is 6.67. The Balaban J connectivity index is 1.84. The molecule has 21 heavy (non-hydrogen) atoms. The first-order valence-corrected chi connectivity index (χ1v) is 7.83. The quantitative estimate of drug-likeness (QED) is 0.577. The number of carbonyl (C=O) groups is 1. The van der Waals surface area contributed by atoms with Crippen LogP contribution in [0.3, 0.4) is 0 Å². The van der Waals surface area contributed by atoms with Gasteiger partial charge in [-0.1, -0.05) is 6.07 Å². The van der Waals surface area contributed by atoms with Crippen LogP contribution in [0.1, 0.15) is 6.92 Å². The standard InChI is InChI=1S/C13H18N4O3S/c1-2-20-12(18)10(14)9-21-8-7-17-13(19)16-6-4-3-5-11(16)15-17/h3-6,10H,2,7-9,14H2,1H3. The third kappa shape index (κ3) is 3.85. The highest BCUT2D eigenvalue weighted by Gasteiger charge is 2.14. The fraction of sp³-hybridized carbons (Fsp3) is 0.462. The molecule has 0 saturated heterocycles. The highest BCUT2D eigenvalue weighted by atomic mass is 32.2. The van der Waals surface area contributed by atoms with Crippen LogP contribution < -0.4 is 11.4 Å². The number of rotatable bonds is 7. The maximum atomic E-state index is 12.0. The molecular formula is C13H18N4O3S. The minimum absolute atomic E-state index is 0.166. The lowest BCUT2D eigenvalue weighted by Gasteiger charge is -2.09. The molecule has 2 aromatic heterocycles. The number of hydrogen-bond acceptors (Lipinski definition) is 6. The molecule has 0 amide bonds. The highest BCUT2D eigenvalue weighted by molar-refractivity contribution is 7.99. The maximum Gasteiger partial charge on any atom is 0.350 e. The van der Waals surface area contributed by atoms with Gasteiger partial charge in [0.05, 0.1) is 13.2 Å². The SMILES string of the molecule is CCOC(=O)C(N)CSCCn1nc2ccccn2c1=O. The van der Waals surface area contributed by atoms with E-state index >= 15 is 0 Å². The van der Waals surface area contributed by atoms with Gasteiger partial charge >= 0.3 is 11.7 Å². The minimum Gasteiger partial charge on any atom is -0.465 e. The topological polar surface area (TPSA) is 91.6 Å². The Morgan fingerprint density at radius 3 is 3.05 bits per heavy atom. The molecule has 0 bridgehead atoms. The van der Waals surface area contributed by atoms with E-state index in [1.54, 1.807) is 25.3 Å². The fourth-order valence-electron chi connectivity index (χ4n) is 1.79. The van der Waals surface area contributed by atoms with E-state index in [1.807, 2.05) is 6.07 Å². The van der Waals surface area contributed by atoms with Crippen LogP contribution in [-0.2, 0) is 16.1 Å². The Morgan fingerprint density at radius 2 is 2.33 bits per heavy atom. The predicted molar refractivity (Wildman–Crippen MR) is 81.4 cm³/mol. The molecular weight excluding hydrogens is 292 g/mol. The van der Waals surface area contributed by atoms with Crippen LogP contribution in [0.15, 0.2) is 29.2 Å². The zero-order chi connectivity index (χ0) is 15.2. The number of thioether (sulfide) groups is 1. The number of nitrogens with two attached hydrogens (primary N) is 1. The Kier molecular flexibility index (Phi) is 5.40. The van der Waals surface area contributed by atoms with Crippen molar-refractivity contribution in [1.29, 1.82) is 0 Å². The molecule has 1 atom stereocenters. The second-order valence-corrected chi connectivity index (χ2v) is 5.52. The van der Waals surface area contributed by atoms with Gasteiger partial charge in [-0.25, -0.2) is 9.48 Å². The predicted octanol–water partition coefficient (Wildman–Crippen LogP) is 0.120. The minimum atomic E-state index is -0.632. The van der Waals surface area contributed by atoms with E-state index < -0.39 is 12.0 Å². The van der Waals surface area contributed by atoms with Gasteiger partial charge in [0, 0.05) is 17.7 Å². The van der Waals surface area contributed by atoms with Gasteiger partial charge in [-0.05, 0) is 19.1 Å². The molecule has 114 valence electrons. The van der Waals surface area contributed by atoms with E-state index in [-0.39, 0.29) is 5.69 Å². The Morgan fingerprint density at radius 1 is 1.52 bits per heavy atom. The van der Waals surface area contributed by atoms with Gasteiger partial charge in [-0.2, -0.15) is 11.8 Å². The molecule has 2 aromatic rings. The smallest absolute Gasteiger partial charge is 0.350 e. The lowest BCUT2D eigenvalue weighted by molar-refractivity contribution is -0.144. The molecule has 0 radical (unpaired) electrons. The monoisotopic (exact) mass is 310 g/mol. The van der Waals surface area contributed by atoms with Gasteiger partial charge in [0.1, 0.15) is 6.04 Å². The summed E-state index contributed by atoms with van der Waals surface area (Å²) in [5, 5.41) is 4.22. The van der Waals surface area contributed by atoms with Crippen molar-refractivity contribution in [2.24, 2.45) is 5.73 Å². The van der Waals surface area contributed by atoms with E-state index in [2.05, 4.69) is 5.10 Å². The van der Waals surface area contributed by atoms with E-state index in [1.165, 1.54) is 20.8 Å². The molecule has 0 aliphatic heterocycles. The summed E-state index contributed by atoms with van der Waals surface area (Å²) in [6.45, 7) is 2.54. The van der Waals surface area contributed by atoms with E-state index in [0.29, 0.717) is 30.3 Å². The van der Waals surface area contributed by atoms with Crippen LogP contribution in [0.2, 0.25) is 0 Å². The molecule has 0 aliphatic carbocycles. The molecule has 0 fully saturated rings. The summed E-state index contributed by atoms with van der Waals surface area (Å²) >= 11 is 1.49. The second-order valence-electron chi connectivity index (χ2n) is 4.37. The lowest BCUT2D eigenvalue weighted by atomic mass is 10.4. The van der Waals surface area contributed by atoms with Crippen LogP contribution >= 0.6 is 11.8 Å². The third-order valence-corrected chi connectivity index (χ3v) is 3.89. The number of hydrogen-bond donors (Lipinski definition) is 1. The summed E-state index contributed by atoms with van der Waals surface area (Å²) in [5.74, 6) is 0.715. The number of aryl methyl sites for hydroxylation is 1. The van der Waals surface area contributed by atoms with Crippen LogP contribution in [0.25, 0.3) is 5.65 Å². The van der Waals surface area contributed by atoms with Crippen molar-refractivity contribution in [3.05, 3.63) is 34.9 Å². The van der Waals surface area contributed by atoms with Gasteiger partial charge in [-0.3, -0.25) is 9.20 Å². The fourth-order valence-corrected chi connectivity index (χ4v) is 2.65. The molecule has 0 saturated carbocycles. The van der Waals surface area contributed by atoms with Gasteiger partial charge in [0.15, 0.2) is 5.65 Å². The van der Waals surface area contributed by atoms with E-state index in [4.69, 9.17) is 10.5 Å². The number of aromatic nitrogens is 3. The van der Waals surface area contributed by atoms with Crippen molar-refractivity contribution < 1.29 is 9.53 Å². The number of fused-ring (bicyclic) bond motifs is 1. The van der Waals surface area contributed by atoms with E-state index in [0.717, 1.165) is 0 Å². The van der Waals surface area contributed by atoms with Crippen LogP contribution in [0, 0.1) is 0 Å².